The van der Waals surface area contributed by atoms with Gasteiger partial charge in [-0.25, -0.2) is 0 Å². The number of para-hydroxylation sites is 1. The fraction of sp³-hybridized carbons (Fsp3) is 0.533. The molecule has 1 aliphatic rings. The van der Waals surface area contributed by atoms with Gasteiger partial charge in [-0.2, -0.15) is 4.68 Å². The molecular weight excluding hydrogens is 266 g/mol. The Kier molecular flexibility index (Phi) is 4.78. The molecule has 2 aromatic rings. The van der Waals surface area contributed by atoms with Crippen molar-refractivity contribution in [3.63, 3.8) is 0 Å². The summed E-state index contributed by atoms with van der Waals surface area (Å²) in [6.45, 7) is 1.40. The molecule has 0 amide bonds. The molecule has 0 aliphatic heterocycles. The molecule has 0 bridgehead atoms. The third-order valence-electron chi connectivity index (χ3n) is 3.76. The molecule has 21 heavy (non-hydrogen) atoms. The van der Waals surface area contributed by atoms with E-state index in [1.165, 1.54) is 32.1 Å². The van der Waals surface area contributed by atoms with E-state index in [4.69, 9.17) is 4.74 Å². The molecule has 0 unspecified atom stereocenters. The van der Waals surface area contributed by atoms with Gasteiger partial charge in [0.15, 0.2) is 0 Å². The molecule has 1 aliphatic carbocycles. The molecule has 0 spiro atoms. The van der Waals surface area contributed by atoms with Gasteiger partial charge in [0.2, 0.25) is 5.95 Å². The van der Waals surface area contributed by atoms with Crippen LogP contribution in [0.15, 0.2) is 30.3 Å². The van der Waals surface area contributed by atoms with E-state index < -0.39 is 0 Å². The zero-order chi connectivity index (χ0) is 14.3. The smallest absolute Gasteiger partial charge is 0.247 e. The van der Waals surface area contributed by atoms with E-state index in [-0.39, 0.29) is 0 Å². The van der Waals surface area contributed by atoms with Gasteiger partial charge in [0.1, 0.15) is 0 Å². The molecule has 1 N–H and O–H groups in total. The van der Waals surface area contributed by atoms with Crippen LogP contribution in [-0.4, -0.2) is 39.5 Å². The van der Waals surface area contributed by atoms with Crippen LogP contribution in [-0.2, 0) is 4.74 Å². The number of anilines is 1. The molecule has 6 nitrogen and oxygen atoms in total. The predicted octanol–water partition coefficient (Wildman–Crippen LogP) is 2.42. The zero-order valence-electron chi connectivity index (χ0n) is 12.1. The number of nitrogens with one attached hydrogen (secondary N) is 1. The van der Waals surface area contributed by atoms with Crippen LogP contribution < -0.4 is 5.32 Å². The second-order valence-electron chi connectivity index (χ2n) is 5.31. The number of tetrazole rings is 1. The lowest BCUT2D eigenvalue weighted by Crippen LogP contribution is -2.21. The Morgan fingerprint density at radius 2 is 1.95 bits per heavy atom. The van der Waals surface area contributed by atoms with Gasteiger partial charge >= 0.3 is 0 Å². The standard InChI is InChI=1S/C15H21N5O/c1-3-7-13(8-4-1)20-15(17-18-19-20)16-11-12-21-14-9-5-2-6-10-14/h1,3-4,7-8,14H,2,5-6,9-12H2,(H,16,17,19). The minimum atomic E-state index is 0.436. The van der Waals surface area contributed by atoms with Gasteiger partial charge in [-0.1, -0.05) is 42.6 Å². The third-order valence-corrected chi connectivity index (χ3v) is 3.76. The average Bonchev–Trinajstić information content (AvgIpc) is 3.02. The Labute approximate surface area is 124 Å². The van der Waals surface area contributed by atoms with E-state index in [1.807, 2.05) is 30.3 Å². The molecule has 6 heteroatoms. The number of benzene rings is 1. The van der Waals surface area contributed by atoms with Crippen LogP contribution in [0.25, 0.3) is 5.69 Å². The van der Waals surface area contributed by atoms with Gasteiger partial charge in [-0.15, -0.1) is 0 Å². The van der Waals surface area contributed by atoms with Crippen LogP contribution in [0.3, 0.4) is 0 Å². The van der Waals surface area contributed by atoms with Crippen molar-refractivity contribution < 1.29 is 4.74 Å². The number of nitrogens with zero attached hydrogens (tertiary/aromatic N) is 4. The molecule has 0 saturated heterocycles. The van der Waals surface area contributed by atoms with Crippen LogP contribution in [0.4, 0.5) is 5.95 Å². The van der Waals surface area contributed by atoms with Crippen molar-refractivity contribution in [2.24, 2.45) is 0 Å². The SMILES string of the molecule is c1ccc(-n2nnnc2NCCOC2CCCCC2)cc1. The Balaban J connectivity index is 1.49. The topological polar surface area (TPSA) is 64.9 Å². The number of hydrogen-bond acceptors (Lipinski definition) is 5. The third kappa shape index (κ3) is 3.78. The van der Waals surface area contributed by atoms with Gasteiger partial charge in [-0.3, -0.25) is 0 Å². The molecule has 1 fully saturated rings. The number of aromatic nitrogens is 4. The maximum atomic E-state index is 5.89. The molecule has 1 heterocycles. The second kappa shape index (κ2) is 7.17. The van der Waals surface area contributed by atoms with E-state index in [0.29, 0.717) is 25.2 Å². The minimum Gasteiger partial charge on any atom is -0.376 e. The zero-order valence-corrected chi connectivity index (χ0v) is 12.1. The van der Waals surface area contributed by atoms with Crippen molar-refractivity contribution in [2.75, 3.05) is 18.5 Å². The van der Waals surface area contributed by atoms with E-state index in [0.717, 1.165) is 5.69 Å². The highest BCUT2D eigenvalue weighted by molar-refractivity contribution is 5.38. The molecule has 3 rings (SSSR count). The fourth-order valence-corrected chi connectivity index (χ4v) is 2.66. The highest BCUT2D eigenvalue weighted by Gasteiger charge is 2.13. The predicted molar refractivity (Wildman–Crippen MR) is 80.5 cm³/mol. The molecule has 112 valence electrons. The highest BCUT2D eigenvalue weighted by atomic mass is 16.5. The van der Waals surface area contributed by atoms with Crippen molar-refractivity contribution in [3.8, 4) is 5.69 Å². The van der Waals surface area contributed by atoms with Crippen LogP contribution in [0.1, 0.15) is 32.1 Å². The van der Waals surface area contributed by atoms with Gasteiger partial charge in [0.25, 0.3) is 0 Å². The maximum absolute atomic E-state index is 5.89. The summed E-state index contributed by atoms with van der Waals surface area (Å²) < 4.78 is 7.58. The summed E-state index contributed by atoms with van der Waals surface area (Å²) in [5.41, 5.74) is 0.943. The maximum Gasteiger partial charge on any atom is 0.247 e. The Bertz CT molecular complexity index is 536. The first kappa shape index (κ1) is 14.0. The summed E-state index contributed by atoms with van der Waals surface area (Å²) >= 11 is 0. The van der Waals surface area contributed by atoms with Crippen molar-refractivity contribution in [1.29, 1.82) is 0 Å². The minimum absolute atomic E-state index is 0.436. The van der Waals surface area contributed by atoms with Crippen LogP contribution >= 0.6 is 0 Å². The van der Waals surface area contributed by atoms with Gasteiger partial charge in [-0.05, 0) is 35.4 Å². The van der Waals surface area contributed by atoms with Crippen molar-refractivity contribution in [3.05, 3.63) is 30.3 Å². The molecule has 1 aromatic carbocycles. The van der Waals surface area contributed by atoms with Crippen molar-refractivity contribution in [2.45, 2.75) is 38.2 Å². The summed E-state index contributed by atoms with van der Waals surface area (Å²) in [4.78, 5) is 0. The first-order chi connectivity index (χ1) is 10.4. The van der Waals surface area contributed by atoms with Gasteiger partial charge in [0.05, 0.1) is 18.4 Å². The van der Waals surface area contributed by atoms with Gasteiger partial charge < -0.3 is 10.1 Å². The van der Waals surface area contributed by atoms with Crippen molar-refractivity contribution >= 4 is 5.95 Å². The monoisotopic (exact) mass is 287 g/mol. The van der Waals surface area contributed by atoms with Gasteiger partial charge in [0, 0.05) is 6.54 Å². The van der Waals surface area contributed by atoms with E-state index in [9.17, 15) is 0 Å². The first-order valence-electron chi connectivity index (χ1n) is 7.63. The molecular formula is C15H21N5O. The molecule has 0 radical (unpaired) electrons. The van der Waals surface area contributed by atoms with E-state index in [2.05, 4.69) is 20.8 Å². The summed E-state index contributed by atoms with van der Waals surface area (Å²) in [7, 11) is 0. The molecule has 1 aromatic heterocycles. The molecule has 0 atom stereocenters. The Morgan fingerprint density at radius 1 is 1.14 bits per heavy atom. The van der Waals surface area contributed by atoms with E-state index in [1.54, 1.807) is 4.68 Å². The summed E-state index contributed by atoms with van der Waals surface area (Å²) in [6.07, 6.45) is 6.77. The van der Waals surface area contributed by atoms with Crippen LogP contribution in [0.5, 0.6) is 0 Å². The quantitative estimate of drug-likeness (QED) is 0.827. The van der Waals surface area contributed by atoms with Crippen LogP contribution in [0, 0.1) is 0 Å². The normalized spacial score (nSPS) is 16.0. The molecule has 1 saturated carbocycles. The Morgan fingerprint density at radius 3 is 2.76 bits per heavy atom. The summed E-state index contributed by atoms with van der Waals surface area (Å²) in [5, 5.41) is 15.0. The summed E-state index contributed by atoms with van der Waals surface area (Å²) in [5.74, 6) is 0.647. The second-order valence-corrected chi connectivity index (χ2v) is 5.31. The lowest BCUT2D eigenvalue weighted by molar-refractivity contribution is 0.0347. The fourth-order valence-electron chi connectivity index (χ4n) is 2.66. The number of rotatable bonds is 6. The van der Waals surface area contributed by atoms with Crippen molar-refractivity contribution in [1.82, 2.24) is 20.2 Å². The Hall–Kier alpha value is -1.95. The average molecular weight is 287 g/mol. The lowest BCUT2D eigenvalue weighted by Gasteiger charge is -2.22. The summed E-state index contributed by atoms with van der Waals surface area (Å²) in [6, 6.07) is 9.85. The lowest BCUT2D eigenvalue weighted by atomic mass is 9.98. The highest BCUT2D eigenvalue weighted by Crippen LogP contribution is 2.20. The largest absolute Gasteiger partial charge is 0.376 e. The number of hydrogen-bond donors (Lipinski definition) is 1. The number of ether oxygens (including phenoxy) is 1. The van der Waals surface area contributed by atoms with E-state index >= 15 is 0 Å². The van der Waals surface area contributed by atoms with Crippen LogP contribution in [0.2, 0.25) is 0 Å². The first-order valence-corrected chi connectivity index (χ1v) is 7.63.